The van der Waals surface area contributed by atoms with Crippen molar-refractivity contribution in [1.29, 1.82) is 0 Å². The van der Waals surface area contributed by atoms with Crippen molar-refractivity contribution >= 4 is 17.2 Å². The van der Waals surface area contributed by atoms with Crippen LogP contribution in [0.3, 0.4) is 0 Å². The van der Waals surface area contributed by atoms with Crippen LogP contribution in [0.5, 0.6) is 0 Å². The Labute approximate surface area is 196 Å². The number of benzene rings is 1. The van der Waals surface area contributed by atoms with Gasteiger partial charge >= 0.3 is 0 Å². The number of thiophene rings is 1. The van der Waals surface area contributed by atoms with Gasteiger partial charge in [-0.3, -0.25) is 9.69 Å². The van der Waals surface area contributed by atoms with Crippen LogP contribution in [0, 0.1) is 12.8 Å². The SMILES string of the molecule is Cc1nccn1-c1ccccc1CNC(=O)C1CCCN(Cc2nc(-c3cccs3)no2)C1. The van der Waals surface area contributed by atoms with Gasteiger partial charge in [0, 0.05) is 25.5 Å². The predicted octanol–water partition coefficient (Wildman–Crippen LogP) is 3.82. The van der Waals surface area contributed by atoms with Crippen LogP contribution >= 0.6 is 11.3 Å². The molecule has 8 nitrogen and oxygen atoms in total. The molecular weight excluding hydrogens is 436 g/mol. The van der Waals surface area contributed by atoms with Crippen LogP contribution in [0.2, 0.25) is 0 Å². The van der Waals surface area contributed by atoms with Gasteiger partial charge in [0.15, 0.2) is 0 Å². The van der Waals surface area contributed by atoms with Crippen molar-refractivity contribution in [3.05, 3.63) is 71.5 Å². The van der Waals surface area contributed by atoms with Crippen LogP contribution in [-0.2, 0) is 17.9 Å². The topological polar surface area (TPSA) is 89.1 Å². The van der Waals surface area contributed by atoms with E-state index in [9.17, 15) is 4.79 Å². The molecule has 0 bridgehead atoms. The van der Waals surface area contributed by atoms with Gasteiger partial charge in [0.25, 0.3) is 0 Å². The van der Waals surface area contributed by atoms with Gasteiger partial charge < -0.3 is 14.4 Å². The molecular formula is C24H26N6O2S. The molecule has 4 aromatic rings. The summed E-state index contributed by atoms with van der Waals surface area (Å²) in [4.78, 5) is 25.0. The molecule has 170 valence electrons. The Bertz CT molecular complexity index is 1220. The number of hydrogen-bond donors (Lipinski definition) is 1. The third-order valence-electron chi connectivity index (χ3n) is 5.97. The highest BCUT2D eigenvalue weighted by molar-refractivity contribution is 7.13. The summed E-state index contributed by atoms with van der Waals surface area (Å²) < 4.78 is 7.49. The Balaban J connectivity index is 1.19. The molecule has 33 heavy (non-hydrogen) atoms. The van der Waals surface area contributed by atoms with Crippen LogP contribution in [0.25, 0.3) is 16.4 Å². The third kappa shape index (κ3) is 4.89. The number of nitrogens with zero attached hydrogens (tertiary/aromatic N) is 5. The van der Waals surface area contributed by atoms with E-state index in [2.05, 4.69) is 25.3 Å². The van der Waals surface area contributed by atoms with E-state index in [1.165, 1.54) is 0 Å². The second-order valence-corrected chi connectivity index (χ2v) is 9.20. The summed E-state index contributed by atoms with van der Waals surface area (Å²) in [5.41, 5.74) is 2.10. The zero-order valence-corrected chi connectivity index (χ0v) is 19.3. The maximum atomic E-state index is 13.0. The Hall–Kier alpha value is -3.30. The third-order valence-corrected chi connectivity index (χ3v) is 6.84. The van der Waals surface area contributed by atoms with E-state index in [1.807, 2.05) is 59.5 Å². The largest absolute Gasteiger partial charge is 0.352 e. The molecule has 0 saturated carbocycles. The molecule has 0 spiro atoms. The number of likely N-dealkylation sites (tertiary alicyclic amines) is 1. The van der Waals surface area contributed by atoms with Gasteiger partial charge in [-0.2, -0.15) is 4.98 Å². The second-order valence-electron chi connectivity index (χ2n) is 8.25. The number of aromatic nitrogens is 4. The molecule has 1 N–H and O–H groups in total. The first kappa shape index (κ1) is 21.5. The summed E-state index contributed by atoms with van der Waals surface area (Å²) in [5, 5.41) is 9.23. The first-order valence-corrected chi connectivity index (χ1v) is 12.0. The number of carbonyl (C=O) groups is 1. The summed E-state index contributed by atoms with van der Waals surface area (Å²) in [6.45, 7) is 4.62. The lowest BCUT2D eigenvalue weighted by molar-refractivity contribution is -0.127. The molecule has 9 heteroatoms. The first-order chi connectivity index (χ1) is 16.2. The maximum absolute atomic E-state index is 13.0. The number of carbonyl (C=O) groups excluding carboxylic acids is 1. The number of nitrogens with one attached hydrogen (secondary N) is 1. The highest BCUT2D eigenvalue weighted by Crippen LogP contribution is 2.23. The predicted molar refractivity (Wildman–Crippen MR) is 126 cm³/mol. The summed E-state index contributed by atoms with van der Waals surface area (Å²) >= 11 is 1.59. The molecule has 1 amide bonds. The van der Waals surface area contributed by atoms with Gasteiger partial charge in [0.05, 0.1) is 23.0 Å². The molecule has 1 atom stereocenters. The van der Waals surface area contributed by atoms with Crippen LogP contribution in [0.4, 0.5) is 0 Å². The molecule has 0 aliphatic carbocycles. The Morgan fingerprint density at radius 1 is 1.27 bits per heavy atom. The molecule has 1 aliphatic rings. The van der Waals surface area contributed by atoms with Crippen LogP contribution in [0.15, 0.2) is 58.7 Å². The number of para-hydroxylation sites is 1. The second kappa shape index (κ2) is 9.68. The van der Waals surface area contributed by atoms with Crippen molar-refractivity contribution in [3.63, 3.8) is 0 Å². The van der Waals surface area contributed by atoms with E-state index in [-0.39, 0.29) is 11.8 Å². The quantitative estimate of drug-likeness (QED) is 0.449. The van der Waals surface area contributed by atoms with Crippen molar-refractivity contribution in [2.75, 3.05) is 13.1 Å². The molecule has 5 rings (SSSR count). The normalized spacial score (nSPS) is 16.7. The van der Waals surface area contributed by atoms with Crippen LogP contribution in [-0.4, -0.2) is 43.6 Å². The summed E-state index contributed by atoms with van der Waals surface area (Å²) in [6, 6.07) is 12.0. The van der Waals surface area contributed by atoms with Gasteiger partial charge in [-0.15, -0.1) is 11.3 Å². The number of piperidine rings is 1. The zero-order valence-electron chi connectivity index (χ0n) is 18.5. The molecule has 4 heterocycles. The Morgan fingerprint density at radius 3 is 3.00 bits per heavy atom. The highest BCUT2D eigenvalue weighted by atomic mass is 32.1. The molecule has 1 fully saturated rings. The van der Waals surface area contributed by atoms with Crippen LogP contribution < -0.4 is 5.32 Å². The van der Waals surface area contributed by atoms with Gasteiger partial charge in [-0.25, -0.2) is 4.98 Å². The minimum atomic E-state index is -0.0550. The van der Waals surface area contributed by atoms with Crippen molar-refractivity contribution in [1.82, 2.24) is 29.9 Å². The fourth-order valence-electron chi connectivity index (χ4n) is 4.28. The van der Waals surface area contributed by atoms with E-state index in [0.717, 1.165) is 41.3 Å². The van der Waals surface area contributed by atoms with Crippen molar-refractivity contribution in [3.8, 4) is 16.4 Å². The van der Waals surface area contributed by atoms with Gasteiger partial charge in [0.2, 0.25) is 17.6 Å². The van der Waals surface area contributed by atoms with Gasteiger partial charge in [0.1, 0.15) is 5.82 Å². The van der Waals surface area contributed by atoms with E-state index in [4.69, 9.17) is 4.52 Å². The minimum absolute atomic E-state index is 0.0550. The number of rotatable bonds is 7. The molecule has 1 unspecified atom stereocenters. The van der Waals surface area contributed by atoms with E-state index in [0.29, 0.717) is 31.3 Å². The average Bonchev–Trinajstić information content (AvgIpc) is 3.60. The lowest BCUT2D eigenvalue weighted by Gasteiger charge is -2.31. The van der Waals surface area contributed by atoms with Crippen LogP contribution in [0.1, 0.15) is 30.1 Å². The minimum Gasteiger partial charge on any atom is -0.352 e. The monoisotopic (exact) mass is 462 g/mol. The molecule has 0 radical (unpaired) electrons. The highest BCUT2D eigenvalue weighted by Gasteiger charge is 2.27. The van der Waals surface area contributed by atoms with Gasteiger partial charge in [-0.05, 0) is 49.4 Å². The standard InChI is InChI=1S/C24H26N6O2S/c1-17-25-10-12-30(17)20-8-3-2-6-18(20)14-26-24(31)19-7-4-11-29(15-19)16-22-27-23(28-32-22)21-9-5-13-33-21/h2-3,5-6,8-10,12-13,19H,4,7,11,14-16H2,1H3,(H,26,31). The van der Waals surface area contributed by atoms with Crippen molar-refractivity contribution in [2.45, 2.75) is 32.9 Å². The lowest BCUT2D eigenvalue weighted by atomic mass is 9.97. The number of amides is 1. The fraction of sp³-hybridized carbons (Fsp3) is 0.333. The summed E-state index contributed by atoms with van der Waals surface area (Å²) in [7, 11) is 0. The maximum Gasteiger partial charge on any atom is 0.241 e. The summed E-state index contributed by atoms with van der Waals surface area (Å²) in [5.74, 6) is 2.16. The first-order valence-electron chi connectivity index (χ1n) is 11.1. The number of hydrogen-bond acceptors (Lipinski definition) is 7. The number of imidazole rings is 1. The average molecular weight is 463 g/mol. The fourth-order valence-corrected chi connectivity index (χ4v) is 4.93. The molecule has 1 aromatic carbocycles. The molecule has 3 aromatic heterocycles. The van der Waals surface area contributed by atoms with E-state index in [1.54, 1.807) is 17.5 Å². The van der Waals surface area contributed by atoms with E-state index < -0.39 is 0 Å². The van der Waals surface area contributed by atoms with Crippen molar-refractivity contribution in [2.24, 2.45) is 5.92 Å². The summed E-state index contributed by atoms with van der Waals surface area (Å²) in [6.07, 6.45) is 5.58. The van der Waals surface area contributed by atoms with E-state index >= 15 is 0 Å². The van der Waals surface area contributed by atoms with Gasteiger partial charge in [-0.1, -0.05) is 29.4 Å². The zero-order chi connectivity index (χ0) is 22.6. The Kier molecular flexibility index (Phi) is 6.32. The molecule has 1 aliphatic heterocycles. The lowest BCUT2D eigenvalue weighted by Crippen LogP contribution is -2.42. The Morgan fingerprint density at radius 2 is 2.18 bits per heavy atom. The van der Waals surface area contributed by atoms with Crippen molar-refractivity contribution < 1.29 is 9.32 Å². The smallest absolute Gasteiger partial charge is 0.241 e. The number of aryl methyl sites for hydroxylation is 1. The molecule has 1 saturated heterocycles.